The van der Waals surface area contributed by atoms with Gasteiger partial charge in [-0.15, -0.1) is 10.2 Å². The molecule has 0 amide bonds. The average molecular weight is 270 g/mol. The molecule has 1 aromatic rings. The first kappa shape index (κ1) is 13.9. The molecular formula is C14H24ClN3. The van der Waals surface area contributed by atoms with Crippen molar-refractivity contribution in [2.75, 3.05) is 0 Å². The van der Waals surface area contributed by atoms with Gasteiger partial charge in [0.25, 0.3) is 0 Å². The highest BCUT2D eigenvalue weighted by Crippen LogP contribution is 2.37. The molecule has 2 atom stereocenters. The number of halogens is 1. The van der Waals surface area contributed by atoms with Gasteiger partial charge >= 0.3 is 0 Å². The van der Waals surface area contributed by atoms with Crippen molar-refractivity contribution >= 4 is 11.6 Å². The van der Waals surface area contributed by atoms with Gasteiger partial charge in [0.05, 0.1) is 0 Å². The minimum absolute atomic E-state index is 0.00777. The largest absolute Gasteiger partial charge is 0.298 e. The summed E-state index contributed by atoms with van der Waals surface area (Å²) < 4.78 is 2.19. The molecule has 0 N–H and O–H groups in total. The van der Waals surface area contributed by atoms with Crippen LogP contribution < -0.4 is 0 Å². The molecule has 0 aromatic carbocycles. The topological polar surface area (TPSA) is 30.7 Å². The standard InChI is InChI=1S/C14H24ClN3/c1-10-8-6-5-7-9-11(10)18-12(14(2,3)4)16-17-13(18)15/h10-11H,5-9H2,1-4H3. The number of rotatable bonds is 1. The van der Waals surface area contributed by atoms with E-state index < -0.39 is 0 Å². The fourth-order valence-electron chi connectivity index (χ4n) is 2.93. The summed E-state index contributed by atoms with van der Waals surface area (Å²) in [5.41, 5.74) is -0.00777. The Balaban J connectivity index is 2.39. The molecule has 1 aliphatic carbocycles. The van der Waals surface area contributed by atoms with Gasteiger partial charge in [-0.3, -0.25) is 4.57 Å². The summed E-state index contributed by atoms with van der Waals surface area (Å²) in [6, 6.07) is 0.462. The Hall–Kier alpha value is -0.570. The second-order valence-electron chi connectivity index (χ2n) is 6.60. The van der Waals surface area contributed by atoms with E-state index in [4.69, 9.17) is 11.6 Å². The Morgan fingerprint density at radius 1 is 1.11 bits per heavy atom. The molecule has 2 unspecified atom stereocenters. The summed E-state index contributed by atoms with van der Waals surface area (Å²) in [5.74, 6) is 1.67. The number of nitrogens with zero attached hydrogens (tertiary/aromatic N) is 3. The zero-order valence-electron chi connectivity index (χ0n) is 11.9. The molecule has 0 saturated heterocycles. The van der Waals surface area contributed by atoms with Gasteiger partial charge in [0.1, 0.15) is 5.82 Å². The van der Waals surface area contributed by atoms with Crippen LogP contribution in [0.5, 0.6) is 0 Å². The fourth-order valence-corrected chi connectivity index (χ4v) is 3.18. The van der Waals surface area contributed by atoms with E-state index in [0.717, 1.165) is 5.82 Å². The van der Waals surface area contributed by atoms with Gasteiger partial charge in [0, 0.05) is 11.5 Å². The minimum Gasteiger partial charge on any atom is -0.298 e. The summed E-state index contributed by atoms with van der Waals surface area (Å²) in [6.45, 7) is 8.85. The summed E-state index contributed by atoms with van der Waals surface area (Å²) in [6.07, 6.45) is 6.44. The van der Waals surface area contributed by atoms with E-state index in [-0.39, 0.29) is 5.41 Å². The molecule has 1 aromatic heterocycles. The third-order valence-electron chi connectivity index (χ3n) is 3.97. The van der Waals surface area contributed by atoms with Gasteiger partial charge in [-0.25, -0.2) is 0 Å². The lowest BCUT2D eigenvalue weighted by Gasteiger charge is -2.28. The van der Waals surface area contributed by atoms with Gasteiger partial charge < -0.3 is 0 Å². The second-order valence-corrected chi connectivity index (χ2v) is 6.93. The average Bonchev–Trinajstić information content (AvgIpc) is 2.52. The Kier molecular flexibility index (Phi) is 4.00. The van der Waals surface area contributed by atoms with Crippen molar-refractivity contribution in [3.8, 4) is 0 Å². The lowest BCUT2D eigenvalue weighted by atomic mass is 9.92. The highest BCUT2D eigenvalue weighted by molar-refractivity contribution is 6.28. The van der Waals surface area contributed by atoms with Crippen molar-refractivity contribution < 1.29 is 0 Å². The maximum Gasteiger partial charge on any atom is 0.225 e. The lowest BCUT2D eigenvalue weighted by molar-refractivity contribution is 0.312. The maximum absolute atomic E-state index is 6.29. The van der Waals surface area contributed by atoms with Crippen molar-refractivity contribution in [3.63, 3.8) is 0 Å². The quantitative estimate of drug-likeness (QED) is 0.709. The molecule has 2 rings (SSSR count). The fraction of sp³-hybridized carbons (Fsp3) is 0.857. The predicted octanol–water partition coefficient (Wildman–Crippen LogP) is 4.37. The van der Waals surface area contributed by atoms with Gasteiger partial charge in [-0.1, -0.05) is 47.0 Å². The number of hydrogen-bond donors (Lipinski definition) is 0. The Bertz CT molecular complexity index is 406. The molecule has 1 heterocycles. The van der Waals surface area contributed by atoms with Crippen LogP contribution in [0.1, 0.15) is 71.7 Å². The highest BCUT2D eigenvalue weighted by Gasteiger charge is 2.30. The van der Waals surface area contributed by atoms with Crippen molar-refractivity contribution in [1.82, 2.24) is 14.8 Å². The smallest absolute Gasteiger partial charge is 0.225 e. The van der Waals surface area contributed by atoms with Gasteiger partial charge in [0.2, 0.25) is 5.28 Å². The zero-order chi connectivity index (χ0) is 13.3. The van der Waals surface area contributed by atoms with Crippen LogP contribution in [0.15, 0.2) is 0 Å². The molecule has 0 aliphatic heterocycles. The van der Waals surface area contributed by atoms with E-state index in [0.29, 0.717) is 17.2 Å². The van der Waals surface area contributed by atoms with Crippen molar-refractivity contribution in [2.45, 2.75) is 71.3 Å². The summed E-state index contributed by atoms with van der Waals surface area (Å²) in [7, 11) is 0. The molecule has 0 radical (unpaired) electrons. The van der Waals surface area contributed by atoms with Gasteiger partial charge in [0.15, 0.2) is 0 Å². The molecule has 1 aliphatic rings. The van der Waals surface area contributed by atoms with Crippen LogP contribution in [-0.2, 0) is 5.41 Å². The lowest BCUT2D eigenvalue weighted by Crippen LogP contribution is -2.25. The number of aromatic nitrogens is 3. The van der Waals surface area contributed by atoms with Crippen LogP contribution in [0.2, 0.25) is 5.28 Å². The van der Waals surface area contributed by atoms with Crippen LogP contribution in [0, 0.1) is 5.92 Å². The third kappa shape index (κ3) is 2.71. The van der Waals surface area contributed by atoms with Gasteiger partial charge in [-0.05, 0) is 30.4 Å². The Labute approximate surface area is 115 Å². The molecule has 4 heteroatoms. The summed E-state index contributed by atoms with van der Waals surface area (Å²) >= 11 is 6.29. The monoisotopic (exact) mass is 269 g/mol. The van der Waals surface area contributed by atoms with E-state index in [1.54, 1.807) is 0 Å². The van der Waals surface area contributed by atoms with Crippen LogP contribution in [-0.4, -0.2) is 14.8 Å². The van der Waals surface area contributed by atoms with Gasteiger partial charge in [-0.2, -0.15) is 0 Å². The van der Waals surface area contributed by atoms with Crippen LogP contribution in [0.4, 0.5) is 0 Å². The van der Waals surface area contributed by atoms with E-state index in [1.807, 2.05) is 0 Å². The summed E-state index contributed by atoms with van der Waals surface area (Å²) in [4.78, 5) is 0. The molecule has 1 fully saturated rings. The maximum atomic E-state index is 6.29. The summed E-state index contributed by atoms with van der Waals surface area (Å²) in [5, 5.41) is 8.96. The molecular weight excluding hydrogens is 246 g/mol. The van der Waals surface area contributed by atoms with Crippen LogP contribution >= 0.6 is 11.6 Å². The molecule has 1 saturated carbocycles. The first-order valence-corrected chi connectivity index (χ1v) is 7.40. The van der Waals surface area contributed by atoms with Crippen molar-refractivity contribution in [2.24, 2.45) is 5.92 Å². The minimum atomic E-state index is -0.00777. The van der Waals surface area contributed by atoms with E-state index in [1.165, 1.54) is 32.1 Å². The Morgan fingerprint density at radius 2 is 1.78 bits per heavy atom. The van der Waals surface area contributed by atoms with Crippen molar-refractivity contribution in [1.29, 1.82) is 0 Å². The molecule has 3 nitrogen and oxygen atoms in total. The van der Waals surface area contributed by atoms with E-state index >= 15 is 0 Å². The first-order valence-electron chi connectivity index (χ1n) is 7.02. The van der Waals surface area contributed by atoms with Crippen LogP contribution in [0.25, 0.3) is 0 Å². The highest BCUT2D eigenvalue weighted by atomic mass is 35.5. The number of hydrogen-bond acceptors (Lipinski definition) is 2. The van der Waals surface area contributed by atoms with E-state index in [9.17, 15) is 0 Å². The SMILES string of the molecule is CC1CCCCCC1n1c(Cl)nnc1C(C)(C)C. The molecule has 0 spiro atoms. The van der Waals surface area contributed by atoms with E-state index in [2.05, 4.69) is 42.5 Å². The third-order valence-corrected chi connectivity index (χ3v) is 4.23. The predicted molar refractivity (Wildman–Crippen MR) is 75.0 cm³/mol. The molecule has 102 valence electrons. The molecule has 0 bridgehead atoms. The Morgan fingerprint density at radius 3 is 2.44 bits per heavy atom. The van der Waals surface area contributed by atoms with Crippen LogP contribution in [0.3, 0.4) is 0 Å². The normalized spacial score (nSPS) is 26.1. The first-order chi connectivity index (χ1) is 8.41. The zero-order valence-corrected chi connectivity index (χ0v) is 12.7. The molecule has 18 heavy (non-hydrogen) atoms. The van der Waals surface area contributed by atoms with Crippen molar-refractivity contribution in [3.05, 3.63) is 11.1 Å². The second kappa shape index (κ2) is 5.20.